The summed E-state index contributed by atoms with van der Waals surface area (Å²) in [6.45, 7) is 2.96. The number of ether oxygens (including phenoxy) is 1. The summed E-state index contributed by atoms with van der Waals surface area (Å²) in [6, 6.07) is 8.12. The van der Waals surface area contributed by atoms with Gasteiger partial charge in [0.15, 0.2) is 0 Å². The summed E-state index contributed by atoms with van der Waals surface area (Å²) in [7, 11) is 0. The van der Waals surface area contributed by atoms with Crippen molar-refractivity contribution in [2.24, 2.45) is 0 Å². The minimum absolute atomic E-state index is 0.799. The van der Waals surface area contributed by atoms with Gasteiger partial charge in [-0.15, -0.1) is 11.3 Å². The Morgan fingerprint density at radius 1 is 1.25 bits per heavy atom. The van der Waals surface area contributed by atoms with E-state index in [9.17, 15) is 0 Å². The summed E-state index contributed by atoms with van der Waals surface area (Å²) >= 11 is 1.65. The van der Waals surface area contributed by atoms with Crippen LogP contribution in [0.15, 0.2) is 35.8 Å². The number of hydrogen-bond acceptors (Lipinski definition) is 3. The molecule has 0 atom stereocenters. The molecule has 0 unspecified atom stereocenters. The van der Waals surface area contributed by atoms with Crippen molar-refractivity contribution < 1.29 is 4.74 Å². The van der Waals surface area contributed by atoms with Crippen molar-refractivity contribution in [3.05, 3.63) is 35.8 Å². The maximum absolute atomic E-state index is 5.60. The lowest BCUT2D eigenvalue weighted by atomic mass is 10.2. The lowest BCUT2D eigenvalue weighted by Gasteiger charge is -2.05. The summed E-state index contributed by atoms with van der Waals surface area (Å²) in [5, 5.41) is 3.04. The number of unbranched alkanes of at least 4 members (excludes halogenated alkanes) is 1. The highest BCUT2D eigenvalue weighted by Gasteiger charge is 2.00. The molecule has 0 aliphatic heterocycles. The fourth-order valence-corrected chi connectivity index (χ4v) is 2.04. The Morgan fingerprint density at radius 2 is 2.06 bits per heavy atom. The molecule has 0 fully saturated rings. The van der Waals surface area contributed by atoms with Crippen molar-refractivity contribution in [2.45, 2.75) is 19.8 Å². The van der Waals surface area contributed by atoms with E-state index in [1.54, 1.807) is 11.3 Å². The number of rotatable bonds is 5. The first-order valence-corrected chi connectivity index (χ1v) is 6.41. The summed E-state index contributed by atoms with van der Waals surface area (Å²) in [4.78, 5) is 4.27. The molecule has 84 valence electrons. The third-order valence-electron chi connectivity index (χ3n) is 2.30. The Morgan fingerprint density at radius 3 is 2.69 bits per heavy atom. The number of hydrogen-bond donors (Lipinski definition) is 0. The van der Waals surface area contributed by atoms with E-state index in [2.05, 4.69) is 24.0 Å². The molecule has 0 amide bonds. The first kappa shape index (κ1) is 11.1. The average molecular weight is 233 g/mol. The predicted molar refractivity (Wildman–Crippen MR) is 68.0 cm³/mol. The van der Waals surface area contributed by atoms with Crippen LogP contribution >= 0.6 is 11.3 Å². The molecule has 0 N–H and O–H groups in total. The second kappa shape index (κ2) is 5.66. The molecule has 0 saturated heterocycles. The Balaban J connectivity index is 2.00. The fraction of sp³-hybridized carbons (Fsp3) is 0.308. The largest absolute Gasteiger partial charge is 0.494 e. The molecule has 2 aromatic rings. The standard InChI is InChI=1S/C13H15NOS/c1-2-3-9-15-12-6-4-11(5-7-12)13-14-8-10-16-13/h4-8,10H,2-3,9H2,1H3. The molecular formula is C13H15NOS. The molecule has 0 radical (unpaired) electrons. The zero-order chi connectivity index (χ0) is 11.2. The molecule has 0 aliphatic carbocycles. The molecule has 0 saturated carbocycles. The highest BCUT2D eigenvalue weighted by Crippen LogP contribution is 2.23. The van der Waals surface area contributed by atoms with E-state index in [0.717, 1.165) is 35.8 Å². The minimum atomic E-state index is 0.799. The van der Waals surface area contributed by atoms with Crippen LogP contribution < -0.4 is 4.74 Å². The van der Waals surface area contributed by atoms with Crippen LogP contribution in [0.1, 0.15) is 19.8 Å². The summed E-state index contributed by atoms with van der Waals surface area (Å²) < 4.78 is 5.60. The van der Waals surface area contributed by atoms with Gasteiger partial charge in [0.05, 0.1) is 6.61 Å². The van der Waals surface area contributed by atoms with Crippen LogP contribution in [0.2, 0.25) is 0 Å². The average Bonchev–Trinajstić information content (AvgIpc) is 2.84. The first-order chi connectivity index (χ1) is 7.90. The number of aromatic nitrogens is 1. The van der Waals surface area contributed by atoms with E-state index in [-0.39, 0.29) is 0 Å². The van der Waals surface area contributed by atoms with E-state index in [4.69, 9.17) is 4.74 Å². The molecule has 1 aromatic carbocycles. The fourth-order valence-electron chi connectivity index (χ4n) is 1.39. The molecule has 0 spiro atoms. The van der Waals surface area contributed by atoms with Gasteiger partial charge in [-0.3, -0.25) is 0 Å². The van der Waals surface area contributed by atoms with E-state index >= 15 is 0 Å². The second-order valence-electron chi connectivity index (χ2n) is 3.56. The van der Waals surface area contributed by atoms with Gasteiger partial charge in [-0.05, 0) is 30.7 Å². The lowest BCUT2D eigenvalue weighted by Crippen LogP contribution is -1.95. The predicted octanol–water partition coefficient (Wildman–Crippen LogP) is 3.99. The van der Waals surface area contributed by atoms with Gasteiger partial charge in [0.1, 0.15) is 10.8 Å². The van der Waals surface area contributed by atoms with E-state index in [1.807, 2.05) is 23.7 Å². The van der Waals surface area contributed by atoms with Gasteiger partial charge in [0.2, 0.25) is 0 Å². The van der Waals surface area contributed by atoms with Crippen LogP contribution in [0.3, 0.4) is 0 Å². The molecular weight excluding hydrogens is 218 g/mol. The van der Waals surface area contributed by atoms with Crippen molar-refractivity contribution in [1.29, 1.82) is 0 Å². The monoisotopic (exact) mass is 233 g/mol. The van der Waals surface area contributed by atoms with Crippen LogP contribution in [0.4, 0.5) is 0 Å². The van der Waals surface area contributed by atoms with Gasteiger partial charge in [-0.1, -0.05) is 13.3 Å². The van der Waals surface area contributed by atoms with Crippen molar-refractivity contribution in [3.63, 3.8) is 0 Å². The smallest absolute Gasteiger partial charge is 0.123 e. The summed E-state index contributed by atoms with van der Waals surface area (Å²) in [5.41, 5.74) is 1.15. The van der Waals surface area contributed by atoms with Crippen molar-refractivity contribution in [1.82, 2.24) is 4.98 Å². The van der Waals surface area contributed by atoms with E-state index in [0.29, 0.717) is 0 Å². The highest BCUT2D eigenvalue weighted by atomic mass is 32.1. The number of thiazole rings is 1. The van der Waals surface area contributed by atoms with Gasteiger partial charge in [-0.2, -0.15) is 0 Å². The lowest BCUT2D eigenvalue weighted by molar-refractivity contribution is 0.309. The highest BCUT2D eigenvalue weighted by molar-refractivity contribution is 7.13. The van der Waals surface area contributed by atoms with E-state index < -0.39 is 0 Å². The Kier molecular flexibility index (Phi) is 3.94. The topological polar surface area (TPSA) is 22.1 Å². The van der Waals surface area contributed by atoms with Crippen LogP contribution in [-0.2, 0) is 0 Å². The van der Waals surface area contributed by atoms with E-state index in [1.165, 1.54) is 0 Å². The normalized spacial score (nSPS) is 10.3. The molecule has 2 nitrogen and oxygen atoms in total. The second-order valence-corrected chi connectivity index (χ2v) is 4.46. The summed E-state index contributed by atoms with van der Waals surface area (Å²) in [6.07, 6.45) is 4.09. The third kappa shape index (κ3) is 2.83. The van der Waals surface area contributed by atoms with Gasteiger partial charge in [-0.25, -0.2) is 4.98 Å². The Hall–Kier alpha value is -1.35. The van der Waals surface area contributed by atoms with Crippen LogP contribution in [0.5, 0.6) is 5.75 Å². The SMILES string of the molecule is CCCCOc1ccc(-c2nccs2)cc1. The molecule has 1 aromatic heterocycles. The molecule has 0 bridgehead atoms. The number of nitrogens with zero attached hydrogens (tertiary/aromatic N) is 1. The Labute approximate surface area is 99.9 Å². The zero-order valence-electron chi connectivity index (χ0n) is 9.35. The maximum atomic E-state index is 5.60. The molecule has 1 heterocycles. The van der Waals surface area contributed by atoms with Gasteiger partial charge >= 0.3 is 0 Å². The van der Waals surface area contributed by atoms with Crippen molar-refractivity contribution >= 4 is 11.3 Å². The van der Waals surface area contributed by atoms with Crippen LogP contribution in [0.25, 0.3) is 10.6 Å². The maximum Gasteiger partial charge on any atom is 0.123 e. The zero-order valence-corrected chi connectivity index (χ0v) is 10.2. The molecule has 3 heteroatoms. The summed E-state index contributed by atoms with van der Waals surface area (Å²) in [5.74, 6) is 0.939. The van der Waals surface area contributed by atoms with Gasteiger partial charge < -0.3 is 4.74 Å². The van der Waals surface area contributed by atoms with Crippen LogP contribution in [-0.4, -0.2) is 11.6 Å². The van der Waals surface area contributed by atoms with Crippen molar-refractivity contribution in [2.75, 3.05) is 6.61 Å². The molecule has 16 heavy (non-hydrogen) atoms. The minimum Gasteiger partial charge on any atom is -0.494 e. The first-order valence-electron chi connectivity index (χ1n) is 5.53. The van der Waals surface area contributed by atoms with Gasteiger partial charge in [0, 0.05) is 17.1 Å². The quantitative estimate of drug-likeness (QED) is 0.728. The van der Waals surface area contributed by atoms with Crippen molar-refractivity contribution in [3.8, 4) is 16.3 Å². The van der Waals surface area contributed by atoms with Crippen LogP contribution in [0, 0.1) is 0 Å². The molecule has 0 aliphatic rings. The number of benzene rings is 1. The molecule has 2 rings (SSSR count). The Bertz CT molecular complexity index is 408. The van der Waals surface area contributed by atoms with Gasteiger partial charge in [0.25, 0.3) is 0 Å². The third-order valence-corrected chi connectivity index (χ3v) is 3.12.